The molecule has 2 aliphatic rings. The van der Waals surface area contributed by atoms with Crippen molar-refractivity contribution >= 4 is 16.6 Å². The van der Waals surface area contributed by atoms with Crippen molar-refractivity contribution in [2.45, 2.75) is 45.6 Å². The number of fused-ring (bicyclic) bond motifs is 3. The SMILES string of the molecule is Cc1nnc(NC(C)C2CC3CCC2C3)c2ccccc12. The molecule has 2 aromatic rings. The van der Waals surface area contributed by atoms with E-state index in [1.165, 1.54) is 36.5 Å². The van der Waals surface area contributed by atoms with Gasteiger partial charge in [-0.25, -0.2) is 0 Å². The normalized spacial score (nSPS) is 29.0. The Kier molecular flexibility index (Phi) is 3.09. The van der Waals surface area contributed by atoms with Crippen LogP contribution in [-0.4, -0.2) is 16.2 Å². The van der Waals surface area contributed by atoms with E-state index in [1.807, 2.05) is 6.92 Å². The van der Waals surface area contributed by atoms with Gasteiger partial charge in [0.25, 0.3) is 0 Å². The number of hydrogen-bond donors (Lipinski definition) is 1. The minimum absolute atomic E-state index is 0.487. The van der Waals surface area contributed by atoms with Crippen molar-refractivity contribution in [3.63, 3.8) is 0 Å². The van der Waals surface area contributed by atoms with Crippen LogP contribution in [-0.2, 0) is 0 Å². The van der Waals surface area contributed by atoms with Crippen LogP contribution in [0.5, 0.6) is 0 Å². The zero-order valence-electron chi connectivity index (χ0n) is 12.8. The molecule has 2 fully saturated rings. The summed E-state index contributed by atoms with van der Waals surface area (Å²) in [6.07, 6.45) is 5.75. The van der Waals surface area contributed by atoms with E-state index in [1.54, 1.807) is 0 Å². The van der Waals surface area contributed by atoms with Crippen LogP contribution in [0.1, 0.15) is 38.3 Å². The first-order valence-corrected chi connectivity index (χ1v) is 8.21. The minimum Gasteiger partial charge on any atom is -0.365 e. The van der Waals surface area contributed by atoms with Crippen LogP contribution in [0.25, 0.3) is 10.8 Å². The van der Waals surface area contributed by atoms with Crippen LogP contribution in [0.15, 0.2) is 24.3 Å². The maximum absolute atomic E-state index is 4.42. The Balaban J connectivity index is 1.61. The number of nitrogens with zero attached hydrogens (tertiary/aromatic N) is 2. The lowest BCUT2D eigenvalue weighted by Crippen LogP contribution is -2.30. The van der Waals surface area contributed by atoms with E-state index in [9.17, 15) is 0 Å². The molecule has 3 nitrogen and oxygen atoms in total. The molecule has 1 N–H and O–H groups in total. The van der Waals surface area contributed by atoms with Crippen molar-refractivity contribution in [2.24, 2.45) is 17.8 Å². The third kappa shape index (κ3) is 2.19. The van der Waals surface area contributed by atoms with Crippen molar-refractivity contribution < 1.29 is 0 Å². The van der Waals surface area contributed by atoms with Crippen LogP contribution in [0.3, 0.4) is 0 Å². The molecule has 1 heterocycles. The zero-order chi connectivity index (χ0) is 14.4. The summed E-state index contributed by atoms with van der Waals surface area (Å²) >= 11 is 0. The molecule has 0 saturated heterocycles. The van der Waals surface area contributed by atoms with Gasteiger partial charge in [-0.15, -0.1) is 5.10 Å². The smallest absolute Gasteiger partial charge is 0.156 e. The molecule has 2 aliphatic carbocycles. The third-order valence-electron chi connectivity index (χ3n) is 5.67. The Hall–Kier alpha value is -1.64. The van der Waals surface area contributed by atoms with Gasteiger partial charge in [0, 0.05) is 16.8 Å². The second-order valence-electron chi connectivity index (χ2n) is 6.95. The van der Waals surface area contributed by atoms with Gasteiger partial charge in [-0.05, 0) is 50.9 Å². The third-order valence-corrected chi connectivity index (χ3v) is 5.67. The molecule has 21 heavy (non-hydrogen) atoms. The first kappa shape index (κ1) is 13.1. The maximum atomic E-state index is 4.42. The zero-order valence-corrected chi connectivity index (χ0v) is 12.8. The summed E-state index contributed by atoms with van der Waals surface area (Å²) in [7, 11) is 0. The molecule has 2 saturated carbocycles. The summed E-state index contributed by atoms with van der Waals surface area (Å²) in [5, 5.41) is 14.8. The molecular formula is C18H23N3. The van der Waals surface area contributed by atoms with Crippen molar-refractivity contribution in [3.8, 4) is 0 Å². The minimum atomic E-state index is 0.487. The van der Waals surface area contributed by atoms with E-state index in [2.05, 4.69) is 46.7 Å². The van der Waals surface area contributed by atoms with E-state index in [4.69, 9.17) is 0 Å². The number of nitrogens with one attached hydrogen (secondary N) is 1. The van der Waals surface area contributed by atoms with Crippen molar-refractivity contribution in [3.05, 3.63) is 30.0 Å². The van der Waals surface area contributed by atoms with Crippen LogP contribution in [0.2, 0.25) is 0 Å². The molecule has 110 valence electrons. The highest BCUT2D eigenvalue weighted by Crippen LogP contribution is 2.49. The molecule has 0 amide bonds. The van der Waals surface area contributed by atoms with E-state index in [-0.39, 0.29) is 0 Å². The lowest BCUT2D eigenvalue weighted by Gasteiger charge is -2.29. The Bertz CT molecular complexity index is 667. The van der Waals surface area contributed by atoms with E-state index in [0.717, 1.165) is 29.3 Å². The van der Waals surface area contributed by atoms with E-state index < -0.39 is 0 Å². The summed E-state index contributed by atoms with van der Waals surface area (Å²) in [6, 6.07) is 8.91. The maximum Gasteiger partial charge on any atom is 0.156 e. The number of hydrogen-bond acceptors (Lipinski definition) is 3. The molecule has 1 aromatic carbocycles. The van der Waals surface area contributed by atoms with Gasteiger partial charge in [0.15, 0.2) is 5.82 Å². The van der Waals surface area contributed by atoms with E-state index in [0.29, 0.717) is 6.04 Å². The molecule has 4 atom stereocenters. The summed E-state index contributed by atoms with van der Waals surface area (Å²) in [4.78, 5) is 0. The highest BCUT2D eigenvalue weighted by Gasteiger charge is 2.41. The van der Waals surface area contributed by atoms with Gasteiger partial charge in [0.2, 0.25) is 0 Å². The monoisotopic (exact) mass is 281 g/mol. The first-order valence-electron chi connectivity index (χ1n) is 8.21. The molecule has 4 rings (SSSR count). The second-order valence-corrected chi connectivity index (χ2v) is 6.95. The van der Waals surface area contributed by atoms with Crippen molar-refractivity contribution in [2.75, 3.05) is 5.32 Å². The van der Waals surface area contributed by atoms with Crippen LogP contribution in [0.4, 0.5) is 5.82 Å². The van der Waals surface area contributed by atoms with Crippen LogP contribution < -0.4 is 5.32 Å². The standard InChI is InChI=1S/C18H23N3/c1-11(17-10-13-7-8-14(17)9-13)19-18-16-6-4-3-5-15(16)12(2)20-21-18/h3-6,11,13-14,17H,7-10H2,1-2H3,(H,19,21). The molecule has 4 unspecified atom stereocenters. The van der Waals surface area contributed by atoms with Gasteiger partial charge in [-0.1, -0.05) is 30.7 Å². The Morgan fingerprint density at radius 3 is 2.62 bits per heavy atom. The Morgan fingerprint density at radius 2 is 1.90 bits per heavy atom. The fourth-order valence-corrected chi connectivity index (χ4v) is 4.57. The van der Waals surface area contributed by atoms with Gasteiger partial charge in [0.05, 0.1) is 5.69 Å². The number of aromatic nitrogens is 2. The fourth-order valence-electron chi connectivity index (χ4n) is 4.57. The van der Waals surface area contributed by atoms with Gasteiger partial charge < -0.3 is 5.32 Å². The predicted octanol–water partition coefficient (Wildman–Crippen LogP) is 4.17. The summed E-state index contributed by atoms with van der Waals surface area (Å²) in [5.41, 5.74) is 1.00. The molecule has 2 bridgehead atoms. The number of benzene rings is 1. The molecule has 0 aliphatic heterocycles. The van der Waals surface area contributed by atoms with Crippen molar-refractivity contribution in [1.82, 2.24) is 10.2 Å². The molecule has 3 heteroatoms. The largest absolute Gasteiger partial charge is 0.365 e. The van der Waals surface area contributed by atoms with Gasteiger partial charge in [-0.3, -0.25) is 0 Å². The molecule has 0 radical (unpaired) electrons. The number of aryl methyl sites for hydroxylation is 1. The molecule has 1 aromatic heterocycles. The number of rotatable bonds is 3. The topological polar surface area (TPSA) is 37.8 Å². The quantitative estimate of drug-likeness (QED) is 0.917. The average molecular weight is 281 g/mol. The Morgan fingerprint density at radius 1 is 1.10 bits per heavy atom. The van der Waals surface area contributed by atoms with Gasteiger partial charge in [0.1, 0.15) is 0 Å². The summed E-state index contributed by atoms with van der Waals surface area (Å²) < 4.78 is 0. The average Bonchev–Trinajstić information content (AvgIpc) is 3.13. The number of anilines is 1. The summed E-state index contributed by atoms with van der Waals surface area (Å²) in [5.74, 6) is 3.68. The van der Waals surface area contributed by atoms with Gasteiger partial charge >= 0.3 is 0 Å². The lowest BCUT2D eigenvalue weighted by atomic mass is 9.84. The highest BCUT2D eigenvalue weighted by atomic mass is 15.2. The highest BCUT2D eigenvalue weighted by molar-refractivity contribution is 5.92. The first-order chi connectivity index (χ1) is 10.2. The summed E-state index contributed by atoms with van der Waals surface area (Å²) in [6.45, 7) is 4.35. The van der Waals surface area contributed by atoms with Crippen molar-refractivity contribution in [1.29, 1.82) is 0 Å². The molecular weight excluding hydrogens is 258 g/mol. The van der Waals surface area contributed by atoms with E-state index >= 15 is 0 Å². The van der Waals surface area contributed by atoms with Crippen LogP contribution >= 0.6 is 0 Å². The second kappa shape index (κ2) is 4.97. The fraction of sp³-hybridized carbons (Fsp3) is 0.556. The molecule has 0 spiro atoms. The van der Waals surface area contributed by atoms with Gasteiger partial charge in [-0.2, -0.15) is 5.10 Å². The Labute approximate surface area is 126 Å². The lowest BCUT2D eigenvalue weighted by molar-refractivity contribution is 0.304. The van der Waals surface area contributed by atoms with Crippen LogP contribution in [0, 0.1) is 24.7 Å². The predicted molar refractivity (Wildman–Crippen MR) is 86.3 cm³/mol.